The standard InChI is InChI=1S/C15H18N2O4S2/c1-17(23(19,20)15-8-5-9-22-15)11-14(18)16-10-12-6-3-4-7-13(12)21-2/h3-9H,10-11H2,1-2H3,(H,16,18). The molecule has 0 radical (unpaired) electrons. The van der Waals surface area contributed by atoms with Crippen molar-refractivity contribution in [2.24, 2.45) is 0 Å². The highest BCUT2D eigenvalue weighted by atomic mass is 32.2. The van der Waals surface area contributed by atoms with Gasteiger partial charge in [-0.05, 0) is 17.5 Å². The van der Waals surface area contributed by atoms with Crippen LogP contribution in [0.4, 0.5) is 0 Å². The normalized spacial score (nSPS) is 11.4. The van der Waals surface area contributed by atoms with E-state index in [-0.39, 0.29) is 23.2 Å². The molecule has 0 aliphatic heterocycles. The maximum atomic E-state index is 12.2. The highest BCUT2D eigenvalue weighted by molar-refractivity contribution is 7.91. The van der Waals surface area contributed by atoms with Crippen molar-refractivity contribution in [3.8, 4) is 5.75 Å². The van der Waals surface area contributed by atoms with Crippen molar-refractivity contribution < 1.29 is 17.9 Å². The van der Waals surface area contributed by atoms with E-state index in [0.717, 1.165) is 21.2 Å². The molecule has 8 heteroatoms. The number of benzene rings is 1. The molecule has 1 amide bonds. The van der Waals surface area contributed by atoms with Gasteiger partial charge >= 0.3 is 0 Å². The van der Waals surface area contributed by atoms with E-state index in [4.69, 9.17) is 4.74 Å². The van der Waals surface area contributed by atoms with Crippen molar-refractivity contribution in [2.45, 2.75) is 10.8 Å². The monoisotopic (exact) mass is 354 g/mol. The number of carbonyl (C=O) groups excluding carboxylic acids is 1. The maximum absolute atomic E-state index is 12.2. The van der Waals surface area contributed by atoms with E-state index >= 15 is 0 Å². The Kier molecular flexibility index (Phi) is 5.75. The Hall–Kier alpha value is -1.90. The van der Waals surface area contributed by atoms with Crippen LogP contribution in [0.1, 0.15) is 5.56 Å². The lowest BCUT2D eigenvalue weighted by Gasteiger charge is -2.16. The smallest absolute Gasteiger partial charge is 0.252 e. The SMILES string of the molecule is COc1ccccc1CNC(=O)CN(C)S(=O)(=O)c1cccs1. The second kappa shape index (κ2) is 7.58. The molecule has 124 valence electrons. The molecule has 6 nitrogen and oxygen atoms in total. The van der Waals surface area contributed by atoms with E-state index in [1.165, 1.54) is 13.1 Å². The molecule has 2 aromatic rings. The molecule has 0 aliphatic rings. The lowest BCUT2D eigenvalue weighted by Crippen LogP contribution is -2.37. The number of carbonyl (C=O) groups is 1. The quantitative estimate of drug-likeness (QED) is 0.821. The van der Waals surface area contributed by atoms with Crippen LogP contribution in [-0.4, -0.2) is 39.3 Å². The van der Waals surface area contributed by atoms with Gasteiger partial charge in [0.15, 0.2) is 0 Å². The van der Waals surface area contributed by atoms with E-state index in [1.54, 1.807) is 24.6 Å². The van der Waals surface area contributed by atoms with Gasteiger partial charge in [0.05, 0.1) is 13.7 Å². The molecule has 0 bridgehead atoms. The van der Waals surface area contributed by atoms with E-state index in [2.05, 4.69) is 5.32 Å². The molecular formula is C15H18N2O4S2. The molecule has 1 heterocycles. The number of nitrogens with one attached hydrogen (secondary N) is 1. The van der Waals surface area contributed by atoms with Gasteiger partial charge in [-0.3, -0.25) is 4.79 Å². The van der Waals surface area contributed by atoms with E-state index < -0.39 is 10.0 Å². The molecular weight excluding hydrogens is 336 g/mol. The third-order valence-corrected chi connectivity index (χ3v) is 6.37. The Morgan fingerprint density at radius 2 is 2.00 bits per heavy atom. The third-order valence-electron chi connectivity index (χ3n) is 3.19. The van der Waals surface area contributed by atoms with Crippen LogP contribution in [0.5, 0.6) is 5.75 Å². The van der Waals surface area contributed by atoms with Crippen LogP contribution >= 0.6 is 11.3 Å². The summed E-state index contributed by atoms with van der Waals surface area (Å²) in [7, 11) is -0.676. The van der Waals surface area contributed by atoms with Crippen LogP contribution in [0.3, 0.4) is 0 Å². The fourth-order valence-electron chi connectivity index (χ4n) is 1.95. The summed E-state index contributed by atoms with van der Waals surface area (Å²) >= 11 is 1.12. The summed E-state index contributed by atoms with van der Waals surface area (Å²) < 4.78 is 30.9. The lowest BCUT2D eigenvalue weighted by molar-refractivity contribution is -0.121. The summed E-state index contributed by atoms with van der Waals surface area (Å²) in [6, 6.07) is 10.5. The number of para-hydroxylation sites is 1. The minimum Gasteiger partial charge on any atom is -0.496 e. The molecule has 1 aromatic heterocycles. The number of hydrogen-bond donors (Lipinski definition) is 1. The lowest BCUT2D eigenvalue weighted by atomic mass is 10.2. The second-order valence-electron chi connectivity index (χ2n) is 4.78. The minimum atomic E-state index is -3.62. The molecule has 0 spiro atoms. The summed E-state index contributed by atoms with van der Waals surface area (Å²) in [5.74, 6) is 0.297. The Morgan fingerprint density at radius 1 is 1.26 bits per heavy atom. The molecule has 1 N–H and O–H groups in total. The first-order chi connectivity index (χ1) is 10.9. The third kappa shape index (κ3) is 4.31. The van der Waals surface area contributed by atoms with Crippen LogP contribution in [0.25, 0.3) is 0 Å². The van der Waals surface area contributed by atoms with Crippen molar-refractivity contribution in [1.29, 1.82) is 0 Å². The van der Waals surface area contributed by atoms with Gasteiger partial charge in [-0.25, -0.2) is 8.42 Å². The largest absolute Gasteiger partial charge is 0.496 e. The van der Waals surface area contributed by atoms with Crippen LogP contribution in [0, 0.1) is 0 Å². The Balaban J connectivity index is 1.95. The first-order valence-corrected chi connectivity index (χ1v) is 9.15. The van der Waals surface area contributed by atoms with Gasteiger partial charge in [-0.1, -0.05) is 24.3 Å². The number of ether oxygens (including phenoxy) is 1. The van der Waals surface area contributed by atoms with Crippen molar-refractivity contribution in [3.05, 3.63) is 47.3 Å². The van der Waals surface area contributed by atoms with Gasteiger partial charge in [0.25, 0.3) is 10.0 Å². The number of hydrogen-bond acceptors (Lipinski definition) is 5. The molecule has 0 fully saturated rings. The average molecular weight is 354 g/mol. The molecule has 1 aromatic carbocycles. The zero-order valence-corrected chi connectivity index (χ0v) is 14.5. The zero-order valence-electron chi connectivity index (χ0n) is 12.9. The number of thiophene rings is 1. The van der Waals surface area contributed by atoms with Crippen molar-refractivity contribution in [2.75, 3.05) is 20.7 Å². The van der Waals surface area contributed by atoms with Gasteiger partial charge < -0.3 is 10.1 Å². The van der Waals surface area contributed by atoms with Crippen LogP contribution < -0.4 is 10.1 Å². The summed E-state index contributed by atoms with van der Waals surface area (Å²) in [4.78, 5) is 12.0. The van der Waals surface area contributed by atoms with Gasteiger partial charge in [0, 0.05) is 19.2 Å². The van der Waals surface area contributed by atoms with Crippen LogP contribution in [-0.2, 0) is 21.4 Å². The zero-order chi connectivity index (χ0) is 16.9. The number of nitrogens with zero attached hydrogens (tertiary/aromatic N) is 1. The fourth-order valence-corrected chi connectivity index (χ4v) is 4.28. The molecule has 0 aliphatic carbocycles. The topological polar surface area (TPSA) is 75.7 Å². The van der Waals surface area contributed by atoms with Crippen molar-refractivity contribution in [3.63, 3.8) is 0 Å². The van der Waals surface area contributed by atoms with E-state index in [1.807, 2.05) is 18.2 Å². The fraction of sp³-hybridized carbons (Fsp3) is 0.267. The highest BCUT2D eigenvalue weighted by Crippen LogP contribution is 2.19. The van der Waals surface area contributed by atoms with Crippen molar-refractivity contribution in [1.82, 2.24) is 9.62 Å². The van der Waals surface area contributed by atoms with Crippen LogP contribution in [0.15, 0.2) is 46.0 Å². The van der Waals surface area contributed by atoms with E-state index in [9.17, 15) is 13.2 Å². The predicted molar refractivity (Wildman–Crippen MR) is 89.0 cm³/mol. The number of methoxy groups -OCH3 is 1. The number of amides is 1. The Labute approximate surface area is 139 Å². The number of sulfonamides is 1. The molecule has 0 saturated heterocycles. The first-order valence-electron chi connectivity index (χ1n) is 6.83. The van der Waals surface area contributed by atoms with Gasteiger partial charge in [-0.15, -0.1) is 11.3 Å². The van der Waals surface area contributed by atoms with Crippen LogP contribution in [0.2, 0.25) is 0 Å². The molecule has 0 unspecified atom stereocenters. The highest BCUT2D eigenvalue weighted by Gasteiger charge is 2.23. The Morgan fingerprint density at radius 3 is 2.65 bits per heavy atom. The first kappa shape index (κ1) is 17.5. The Bertz CT molecular complexity index is 758. The summed E-state index contributed by atoms with van der Waals surface area (Å²) in [5, 5.41) is 4.38. The van der Waals surface area contributed by atoms with E-state index in [0.29, 0.717) is 5.75 Å². The summed E-state index contributed by atoms with van der Waals surface area (Å²) in [5.41, 5.74) is 0.826. The van der Waals surface area contributed by atoms with Gasteiger partial charge in [-0.2, -0.15) is 4.31 Å². The summed E-state index contributed by atoms with van der Waals surface area (Å²) in [6.45, 7) is 0.0329. The van der Waals surface area contributed by atoms with Crippen molar-refractivity contribution >= 4 is 27.3 Å². The van der Waals surface area contributed by atoms with Gasteiger partial charge in [0.1, 0.15) is 9.96 Å². The second-order valence-corrected chi connectivity index (χ2v) is 8.00. The maximum Gasteiger partial charge on any atom is 0.252 e. The molecule has 23 heavy (non-hydrogen) atoms. The average Bonchev–Trinajstić information content (AvgIpc) is 3.08. The summed E-state index contributed by atoms with van der Waals surface area (Å²) in [6.07, 6.45) is 0. The molecule has 0 saturated carbocycles. The minimum absolute atomic E-state index is 0.220. The number of likely N-dealkylation sites (N-methyl/N-ethyl adjacent to an activating group) is 1. The predicted octanol–water partition coefficient (Wildman–Crippen LogP) is 1.69. The molecule has 2 rings (SSSR count). The molecule has 0 atom stereocenters. The number of rotatable bonds is 7. The van der Waals surface area contributed by atoms with Gasteiger partial charge in [0.2, 0.25) is 5.91 Å².